The first kappa shape index (κ1) is 11.1. The molecule has 0 N–H and O–H groups in total. The highest BCUT2D eigenvalue weighted by molar-refractivity contribution is 5.43. The zero-order valence-electron chi connectivity index (χ0n) is 10.3. The number of aromatic nitrogens is 4. The molecule has 18 heavy (non-hydrogen) atoms. The molecule has 2 aromatic rings. The first-order valence-corrected chi connectivity index (χ1v) is 6.16. The molecule has 5 nitrogen and oxygen atoms in total. The van der Waals surface area contributed by atoms with Gasteiger partial charge < -0.3 is 4.90 Å². The lowest BCUT2D eigenvalue weighted by Gasteiger charge is -2.25. The van der Waals surface area contributed by atoms with Crippen molar-refractivity contribution in [2.45, 2.75) is 25.8 Å². The molecule has 1 saturated heterocycles. The van der Waals surface area contributed by atoms with Gasteiger partial charge in [0, 0.05) is 24.5 Å². The van der Waals surface area contributed by atoms with Crippen molar-refractivity contribution in [2.75, 3.05) is 11.4 Å². The molecule has 0 spiro atoms. The lowest BCUT2D eigenvalue weighted by Crippen LogP contribution is -2.24. The molecule has 0 aliphatic carbocycles. The number of anilines is 1. The van der Waals surface area contributed by atoms with Gasteiger partial charge in [-0.3, -0.25) is 0 Å². The summed E-state index contributed by atoms with van der Waals surface area (Å²) in [7, 11) is 0. The van der Waals surface area contributed by atoms with Gasteiger partial charge in [0.15, 0.2) is 0 Å². The minimum absolute atomic E-state index is 0.308. The van der Waals surface area contributed by atoms with Crippen LogP contribution in [0.5, 0.6) is 0 Å². The molecule has 3 heterocycles. The molecule has 1 atom stereocenters. The van der Waals surface area contributed by atoms with E-state index in [4.69, 9.17) is 0 Å². The van der Waals surface area contributed by atoms with E-state index in [1.807, 2.05) is 19.1 Å². The average Bonchev–Trinajstić information content (AvgIpc) is 2.89. The van der Waals surface area contributed by atoms with E-state index in [0.29, 0.717) is 6.04 Å². The summed E-state index contributed by atoms with van der Waals surface area (Å²) in [5, 5.41) is 0. The van der Waals surface area contributed by atoms with E-state index < -0.39 is 0 Å². The largest absolute Gasteiger partial charge is 0.348 e. The SMILES string of the molecule is Cc1cc(N2CCCC2c2ccncn2)ncn1. The van der Waals surface area contributed by atoms with Gasteiger partial charge in [0.05, 0.1) is 11.7 Å². The molecular weight excluding hydrogens is 226 g/mol. The van der Waals surface area contributed by atoms with Crippen molar-refractivity contribution in [2.24, 2.45) is 0 Å². The maximum absolute atomic E-state index is 4.37. The fourth-order valence-electron chi connectivity index (χ4n) is 2.44. The average molecular weight is 241 g/mol. The Morgan fingerprint density at radius 2 is 2.17 bits per heavy atom. The second-order valence-electron chi connectivity index (χ2n) is 4.50. The summed E-state index contributed by atoms with van der Waals surface area (Å²) >= 11 is 0. The van der Waals surface area contributed by atoms with Crippen molar-refractivity contribution in [1.29, 1.82) is 0 Å². The third-order valence-electron chi connectivity index (χ3n) is 3.28. The predicted molar refractivity (Wildman–Crippen MR) is 68.1 cm³/mol. The molecule has 0 saturated carbocycles. The smallest absolute Gasteiger partial charge is 0.132 e. The van der Waals surface area contributed by atoms with Crippen molar-refractivity contribution >= 4 is 5.82 Å². The highest BCUT2D eigenvalue weighted by Crippen LogP contribution is 2.33. The molecule has 1 aliphatic heterocycles. The highest BCUT2D eigenvalue weighted by atomic mass is 15.2. The van der Waals surface area contributed by atoms with Crippen LogP contribution in [0.4, 0.5) is 5.82 Å². The number of nitrogens with zero attached hydrogens (tertiary/aromatic N) is 5. The van der Waals surface area contributed by atoms with Crippen molar-refractivity contribution in [3.8, 4) is 0 Å². The number of hydrogen-bond donors (Lipinski definition) is 0. The fraction of sp³-hybridized carbons (Fsp3) is 0.385. The van der Waals surface area contributed by atoms with E-state index in [0.717, 1.165) is 36.6 Å². The highest BCUT2D eigenvalue weighted by Gasteiger charge is 2.28. The zero-order chi connectivity index (χ0) is 12.4. The summed E-state index contributed by atoms with van der Waals surface area (Å²) in [4.78, 5) is 19.2. The molecular formula is C13H15N5. The van der Waals surface area contributed by atoms with Gasteiger partial charge in [-0.05, 0) is 25.8 Å². The van der Waals surface area contributed by atoms with E-state index in [-0.39, 0.29) is 0 Å². The monoisotopic (exact) mass is 241 g/mol. The first-order chi connectivity index (χ1) is 8.84. The van der Waals surface area contributed by atoms with Gasteiger partial charge in [-0.1, -0.05) is 0 Å². The third-order valence-corrected chi connectivity index (χ3v) is 3.28. The van der Waals surface area contributed by atoms with Crippen molar-refractivity contribution in [3.63, 3.8) is 0 Å². The normalized spacial score (nSPS) is 19.2. The van der Waals surface area contributed by atoms with Crippen LogP contribution < -0.4 is 4.90 Å². The summed E-state index contributed by atoms with van der Waals surface area (Å²) in [5.41, 5.74) is 2.06. The van der Waals surface area contributed by atoms with Crippen LogP contribution in [0.1, 0.15) is 30.3 Å². The van der Waals surface area contributed by atoms with Gasteiger partial charge in [0.2, 0.25) is 0 Å². The molecule has 1 fully saturated rings. The summed E-state index contributed by atoms with van der Waals surface area (Å²) in [6.45, 7) is 3.01. The van der Waals surface area contributed by atoms with Crippen molar-refractivity contribution in [3.05, 3.63) is 42.4 Å². The van der Waals surface area contributed by atoms with Gasteiger partial charge in [-0.2, -0.15) is 0 Å². The minimum Gasteiger partial charge on any atom is -0.348 e. The molecule has 1 unspecified atom stereocenters. The van der Waals surface area contributed by atoms with Gasteiger partial charge >= 0.3 is 0 Å². The Bertz CT molecular complexity index is 528. The van der Waals surface area contributed by atoms with Crippen LogP contribution in [-0.2, 0) is 0 Å². The Hall–Kier alpha value is -2.04. The lowest BCUT2D eigenvalue weighted by molar-refractivity contribution is 0.683. The zero-order valence-corrected chi connectivity index (χ0v) is 10.3. The van der Waals surface area contributed by atoms with E-state index >= 15 is 0 Å². The van der Waals surface area contributed by atoms with Crippen molar-refractivity contribution in [1.82, 2.24) is 19.9 Å². The third kappa shape index (κ3) is 2.03. The maximum Gasteiger partial charge on any atom is 0.132 e. The molecule has 1 aliphatic rings. The molecule has 92 valence electrons. The quantitative estimate of drug-likeness (QED) is 0.804. The molecule has 3 rings (SSSR count). The standard InChI is InChI=1S/C13H15N5/c1-10-7-13(17-9-15-10)18-6-2-3-12(18)11-4-5-14-8-16-11/h4-5,7-9,12H,2-3,6H2,1H3. The molecule has 2 aromatic heterocycles. The van der Waals surface area contributed by atoms with Gasteiger partial charge in [-0.15, -0.1) is 0 Å². The van der Waals surface area contributed by atoms with Crippen LogP contribution in [0.25, 0.3) is 0 Å². The lowest BCUT2D eigenvalue weighted by atomic mass is 10.1. The van der Waals surface area contributed by atoms with Gasteiger partial charge in [-0.25, -0.2) is 19.9 Å². The Morgan fingerprint density at radius 3 is 2.94 bits per heavy atom. The van der Waals surface area contributed by atoms with E-state index in [2.05, 4.69) is 24.8 Å². The fourth-order valence-corrected chi connectivity index (χ4v) is 2.44. The van der Waals surface area contributed by atoms with E-state index in [1.54, 1.807) is 18.9 Å². The predicted octanol–water partition coefficient (Wildman–Crippen LogP) is 1.92. The van der Waals surface area contributed by atoms with Crippen LogP contribution in [0.15, 0.2) is 31.0 Å². The van der Waals surface area contributed by atoms with Crippen LogP contribution in [0.3, 0.4) is 0 Å². The Balaban J connectivity index is 1.92. The Labute approximate surface area is 106 Å². The first-order valence-electron chi connectivity index (χ1n) is 6.16. The minimum atomic E-state index is 0.308. The number of rotatable bonds is 2. The van der Waals surface area contributed by atoms with Crippen molar-refractivity contribution < 1.29 is 0 Å². The van der Waals surface area contributed by atoms with Gasteiger partial charge in [0.25, 0.3) is 0 Å². The number of aryl methyl sites for hydroxylation is 1. The van der Waals surface area contributed by atoms with Crippen LogP contribution >= 0.6 is 0 Å². The van der Waals surface area contributed by atoms with E-state index in [1.165, 1.54) is 0 Å². The van der Waals surface area contributed by atoms with Crippen LogP contribution in [0, 0.1) is 6.92 Å². The molecule has 0 aromatic carbocycles. The summed E-state index contributed by atoms with van der Waals surface area (Å²) in [6.07, 6.45) is 7.30. The topological polar surface area (TPSA) is 54.8 Å². The van der Waals surface area contributed by atoms with E-state index in [9.17, 15) is 0 Å². The summed E-state index contributed by atoms with van der Waals surface area (Å²) < 4.78 is 0. The second-order valence-corrected chi connectivity index (χ2v) is 4.50. The molecule has 5 heteroatoms. The molecule has 0 amide bonds. The Kier molecular flexibility index (Phi) is 2.88. The summed E-state index contributed by atoms with van der Waals surface area (Å²) in [6, 6.07) is 4.32. The molecule has 0 radical (unpaired) electrons. The van der Waals surface area contributed by atoms with Crippen LogP contribution in [0.2, 0.25) is 0 Å². The van der Waals surface area contributed by atoms with Gasteiger partial charge in [0.1, 0.15) is 18.5 Å². The number of hydrogen-bond acceptors (Lipinski definition) is 5. The maximum atomic E-state index is 4.37. The second kappa shape index (κ2) is 4.68. The van der Waals surface area contributed by atoms with Crippen LogP contribution in [-0.4, -0.2) is 26.5 Å². The Morgan fingerprint density at radius 1 is 1.22 bits per heavy atom. The summed E-state index contributed by atoms with van der Waals surface area (Å²) in [5.74, 6) is 0.989. The molecule has 0 bridgehead atoms.